The standard InChI is InChI=1S/2C10H9N3.2BF4.Cu/c2*1-3-7-11-9(5-1)13-10-6-2-4-8-12-10;2*2-1(3,4)5;/h2*1-8H,(H,11,12,13);;;/q;;2*-1;+2. The topological polar surface area (TPSA) is 75.6 Å². The SMILES string of the molecule is F[B-](F)(F)F.F[B-](F)(F)F.[Cu+2].c1ccc(Nc2ccccn2)nc1.c1ccc(Nc2ccccn2)nc1. The second-order valence-corrected chi connectivity index (χ2v) is 6.10. The van der Waals surface area contributed by atoms with E-state index in [0.717, 1.165) is 23.3 Å². The maximum atomic E-state index is 9.75. The quantitative estimate of drug-likeness (QED) is 0.200. The molecular formula is C20H18B2CuF8N6. The number of hydrogen-bond donors (Lipinski definition) is 2. The first-order chi connectivity index (χ1) is 16.9. The van der Waals surface area contributed by atoms with Crippen molar-refractivity contribution in [3.05, 3.63) is 97.6 Å². The van der Waals surface area contributed by atoms with E-state index in [2.05, 4.69) is 30.6 Å². The zero-order valence-corrected chi connectivity index (χ0v) is 19.4. The van der Waals surface area contributed by atoms with E-state index >= 15 is 0 Å². The van der Waals surface area contributed by atoms with Gasteiger partial charge in [0.05, 0.1) is 0 Å². The summed E-state index contributed by atoms with van der Waals surface area (Å²) in [5.41, 5.74) is 0. The molecule has 4 aromatic heterocycles. The third-order valence-electron chi connectivity index (χ3n) is 3.17. The molecule has 0 amide bonds. The number of halogens is 8. The average molecular weight is 580 g/mol. The number of hydrogen-bond acceptors (Lipinski definition) is 6. The molecule has 0 aromatic carbocycles. The van der Waals surface area contributed by atoms with Crippen LogP contribution < -0.4 is 10.6 Å². The summed E-state index contributed by atoms with van der Waals surface area (Å²) >= 11 is 0. The van der Waals surface area contributed by atoms with Gasteiger partial charge in [0, 0.05) is 24.8 Å². The molecule has 2 N–H and O–H groups in total. The van der Waals surface area contributed by atoms with Crippen LogP contribution in [0.3, 0.4) is 0 Å². The number of aromatic nitrogens is 4. The molecule has 0 spiro atoms. The van der Waals surface area contributed by atoms with Crippen molar-refractivity contribution in [2.75, 3.05) is 10.6 Å². The second kappa shape index (κ2) is 17.7. The third kappa shape index (κ3) is 22.5. The van der Waals surface area contributed by atoms with Crippen LogP contribution in [0.2, 0.25) is 0 Å². The van der Waals surface area contributed by atoms with Crippen molar-refractivity contribution in [1.82, 2.24) is 19.9 Å². The Labute approximate surface area is 217 Å². The molecule has 4 rings (SSSR count). The molecule has 0 bridgehead atoms. The van der Waals surface area contributed by atoms with Crippen molar-refractivity contribution in [2.24, 2.45) is 0 Å². The summed E-state index contributed by atoms with van der Waals surface area (Å²) in [6.07, 6.45) is 6.97. The van der Waals surface area contributed by atoms with Crippen molar-refractivity contribution < 1.29 is 51.6 Å². The predicted octanol–water partition coefficient (Wildman–Crippen LogP) is 7.04. The van der Waals surface area contributed by atoms with Crippen molar-refractivity contribution in [3.8, 4) is 0 Å². The molecule has 201 valence electrons. The van der Waals surface area contributed by atoms with Crippen molar-refractivity contribution >= 4 is 37.8 Å². The van der Waals surface area contributed by atoms with E-state index in [1.54, 1.807) is 24.8 Å². The van der Waals surface area contributed by atoms with E-state index in [1.165, 1.54) is 0 Å². The first-order valence-corrected chi connectivity index (χ1v) is 9.83. The van der Waals surface area contributed by atoms with Gasteiger partial charge in [-0.3, -0.25) is 0 Å². The van der Waals surface area contributed by atoms with Gasteiger partial charge >= 0.3 is 31.6 Å². The predicted molar refractivity (Wildman–Crippen MR) is 124 cm³/mol. The Balaban J connectivity index is 0.000000510. The summed E-state index contributed by atoms with van der Waals surface area (Å²) in [7, 11) is -12.0. The van der Waals surface area contributed by atoms with Crippen LogP contribution in [0.15, 0.2) is 97.6 Å². The van der Waals surface area contributed by atoms with E-state index in [4.69, 9.17) is 0 Å². The zero-order valence-electron chi connectivity index (χ0n) is 18.5. The number of anilines is 4. The van der Waals surface area contributed by atoms with E-state index in [1.807, 2.05) is 72.8 Å². The molecule has 6 nitrogen and oxygen atoms in total. The number of rotatable bonds is 4. The Morgan fingerprint density at radius 1 is 0.405 bits per heavy atom. The number of pyridine rings is 4. The molecule has 1 radical (unpaired) electrons. The van der Waals surface area contributed by atoms with Gasteiger partial charge in [0.1, 0.15) is 23.3 Å². The van der Waals surface area contributed by atoms with Gasteiger partial charge in [-0.2, -0.15) is 0 Å². The largest absolute Gasteiger partial charge is 2.00 e. The molecule has 0 aliphatic heterocycles. The Kier molecular flexibility index (Phi) is 15.9. The van der Waals surface area contributed by atoms with Crippen molar-refractivity contribution in [1.29, 1.82) is 0 Å². The van der Waals surface area contributed by atoms with Crippen LogP contribution in [0.25, 0.3) is 0 Å². The van der Waals surface area contributed by atoms with Crippen LogP contribution in [0.4, 0.5) is 57.8 Å². The molecule has 0 unspecified atom stereocenters. The minimum atomic E-state index is -6.00. The summed E-state index contributed by atoms with van der Waals surface area (Å²) in [4.78, 5) is 16.5. The summed E-state index contributed by atoms with van der Waals surface area (Å²) < 4.78 is 78.0. The molecule has 4 aromatic rings. The molecule has 0 saturated heterocycles. The summed E-state index contributed by atoms with van der Waals surface area (Å²) in [5.74, 6) is 3.23. The molecule has 0 aliphatic carbocycles. The Hall–Kier alpha value is -3.71. The average Bonchev–Trinajstić information content (AvgIpc) is 2.80. The fraction of sp³-hybridized carbons (Fsp3) is 0. The first kappa shape index (κ1) is 33.3. The van der Waals surface area contributed by atoms with Gasteiger partial charge in [0.15, 0.2) is 0 Å². The van der Waals surface area contributed by atoms with Crippen molar-refractivity contribution in [3.63, 3.8) is 0 Å². The van der Waals surface area contributed by atoms with Crippen LogP contribution in [-0.4, -0.2) is 34.4 Å². The fourth-order valence-electron chi connectivity index (χ4n) is 2.01. The molecule has 37 heavy (non-hydrogen) atoms. The maximum Gasteiger partial charge on any atom is 2.00 e. The smallest absolute Gasteiger partial charge is 0.418 e. The van der Waals surface area contributed by atoms with E-state index in [9.17, 15) is 34.5 Å². The summed E-state index contributed by atoms with van der Waals surface area (Å²) in [6.45, 7) is 0. The van der Waals surface area contributed by atoms with Crippen LogP contribution in [-0.2, 0) is 17.1 Å². The Bertz CT molecular complexity index is 908. The van der Waals surface area contributed by atoms with Gasteiger partial charge < -0.3 is 45.2 Å². The number of nitrogens with zero attached hydrogens (tertiary/aromatic N) is 4. The summed E-state index contributed by atoms with van der Waals surface area (Å²) in [6, 6.07) is 22.8. The summed E-state index contributed by atoms with van der Waals surface area (Å²) in [5, 5.41) is 6.16. The minimum absolute atomic E-state index is 0. The molecule has 4 heterocycles. The van der Waals surface area contributed by atoms with Crippen LogP contribution in [0.1, 0.15) is 0 Å². The molecule has 0 fully saturated rings. The van der Waals surface area contributed by atoms with Crippen LogP contribution in [0.5, 0.6) is 0 Å². The zero-order chi connectivity index (χ0) is 26.9. The minimum Gasteiger partial charge on any atom is -0.418 e. The Morgan fingerprint density at radius 2 is 0.595 bits per heavy atom. The van der Waals surface area contributed by atoms with Gasteiger partial charge in [-0.05, 0) is 48.5 Å². The molecule has 0 atom stereocenters. The van der Waals surface area contributed by atoms with Crippen molar-refractivity contribution in [2.45, 2.75) is 0 Å². The van der Waals surface area contributed by atoms with Crippen LogP contribution in [0, 0.1) is 0 Å². The normalized spacial score (nSPS) is 9.95. The van der Waals surface area contributed by atoms with E-state index < -0.39 is 14.5 Å². The van der Waals surface area contributed by atoms with Gasteiger partial charge in [-0.15, -0.1) is 0 Å². The maximum absolute atomic E-state index is 9.75. The fourth-order valence-corrected chi connectivity index (χ4v) is 2.01. The third-order valence-corrected chi connectivity index (χ3v) is 3.17. The van der Waals surface area contributed by atoms with Gasteiger partial charge in [-0.1, -0.05) is 24.3 Å². The van der Waals surface area contributed by atoms with E-state index in [0.29, 0.717) is 0 Å². The second-order valence-electron chi connectivity index (χ2n) is 6.10. The van der Waals surface area contributed by atoms with Gasteiger partial charge in [0.25, 0.3) is 0 Å². The molecule has 17 heteroatoms. The number of nitrogens with one attached hydrogen (secondary N) is 2. The van der Waals surface area contributed by atoms with Gasteiger partial charge in [-0.25, -0.2) is 19.9 Å². The van der Waals surface area contributed by atoms with Crippen LogP contribution >= 0.6 is 0 Å². The molecular weight excluding hydrogens is 561 g/mol. The Morgan fingerprint density at radius 3 is 0.730 bits per heavy atom. The molecule has 0 aliphatic rings. The molecule has 0 saturated carbocycles. The van der Waals surface area contributed by atoms with E-state index in [-0.39, 0.29) is 17.1 Å². The first-order valence-electron chi connectivity index (χ1n) is 9.83. The van der Waals surface area contributed by atoms with Gasteiger partial charge in [0.2, 0.25) is 0 Å². The monoisotopic (exact) mass is 579 g/mol.